The maximum Gasteiger partial charge on any atom is 0.344 e. The second-order valence-electron chi connectivity index (χ2n) is 5.79. The summed E-state index contributed by atoms with van der Waals surface area (Å²) in [5.41, 5.74) is -0.607. The third-order valence-corrected chi connectivity index (χ3v) is 3.54. The van der Waals surface area contributed by atoms with Crippen LogP contribution in [0.5, 0.6) is 0 Å². The van der Waals surface area contributed by atoms with Crippen molar-refractivity contribution in [1.29, 1.82) is 0 Å². The van der Waals surface area contributed by atoms with Crippen molar-refractivity contribution < 1.29 is 38.1 Å². The molecule has 8 nitrogen and oxygen atoms in total. The first-order valence-corrected chi connectivity index (χ1v) is 9.41. The van der Waals surface area contributed by atoms with E-state index >= 15 is 0 Å². The molecule has 8 heteroatoms. The normalized spacial score (nSPS) is 9.93. The lowest BCUT2D eigenvalue weighted by molar-refractivity contribution is -0.148. The molecule has 0 aliphatic carbocycles. The summed E-state index contributed by atoms with van der Waals surface area (Å²) >= 11 is 0. The molecule has 28 heavy (non-hydrogen) atoms. The molecule has 158 valence electrons. The summed E-state index contributed by atoms with van der Waals surface area (Å²) in [6, 6.07) is 0. The smallest absolute Gasteiger partial charge is 0.344 e. The predicted molar refractivity (Wildman–Crippen MR) is 101 cm³/mol. The van der Waals surface area contributed by atoms with Crippen LogP contribution in [0.25, 0.3) is 0 Å². The van der Waals surface area contributed by atoms with Crippen LogP contribution in [0.4, 0.5) is 0 Å². The van der Waals surface area contributed by atoms with E-state index in [2.05, 4.69) is 22.6 Å². The van der Waals surface area contributed by atoms with Crippen molar-refractivity contribution in [3.63, 3.8) is 0 Å². The molecule has 0 spiro atoms. The summed E-state index contributed by atoms with van der Waals surface area (Å²) in [6.07, 6.45) is 4.93. The summed E-state index contributed by atoms with van der Waals surface area (Å²) in [4.78, 5) is 45.7. The van der Waals surface area contributed by atoms with Crippen molar-refractivity contribution in [1.82, 2.24) is 0 Å². The number of carbonyl (C=O) groups excluding carboxylic acids is 4. The molecule has 0 radical (unpaired) electrons. The van der Waals surface area contributed by atoms with Crippen LogP contribution in [0.2, 0.25) is 0 Å². The highest BCUT2D eigenvalue weighted by molar-refractivity contribution is 6.13. The van der Waals surface area contributed by atoms with Gasteiger partial charge in [0.05, 0.1) is 26.4 Å². The SMILES string of the molecule is C=C(C(=O)OCC)C(=O)OCCCCCCCCOC(=O)C(=C)C(=O)OCC. The van der Waals surface area contributed by atoms with Gasteiger partial charge in [-0.05, 0) is 26.7 Å². The lowest BCUT2D eigenvalue weighted by Crippen LogP contribution is -2.17. The molecule has 0 aliphatic rings. The molecule has 0 bridgehead atoms. The number of rotatable bonds is 15. The number of ether oxygens (including phenoxy) is 4. The lowest BCUT2D eigenvalue weighted by atomic mass is 10.1. The van der Waals surface area contributed by atoms with Gasteiger partial charge in [-0.25, -0.2) is 19.2 Å². The maximum atomic E-state index is 11.5. The van der Waals surface area contributed by atoms with Gasteiger partial charge in [-0.3, -0.25) is 0 Å². The Hall–Kier alpha value is -2.64. The van der Waals surface area contributed by atoms with E-state index < -0.39 is 23.9 Å². The van der Waals surface area contributed by atoms with Crippen LogP contribution in [0, 0.1) is 0 Å². The minimum absolute atomic E-state index is 0.171. The molecule has 0 N–H and O–H groups in total. The van der Waals surface area contributed by atoms with Gasteiger partial charge >= 0.3 is 23.9 Å². The maximum absolute atomic E-state index is 11.5. The molecule has 0 amide bonds. The highest BCUT2D eigenvalue weighted by atomic mass is 16.6. The van der Waals surface area contributed by atoms with Crippen molar-refractivity contribution in [2.24, 2.45) is 0 Å². The predicted octanol–water partition coefficient (Wildman–Crippen LogP) is 2.65. The minimum atomic E-state index is -0.765. The molecule has 0 fully saturated rings. The first kappa shape index (κ1) is 25.4. The fourth-order valence-corrected chi connectivity index (χ4v) is 2.02. The van der Waals surface area contributed by atoms with E-state index in [-0.39, 0.29) is 37.6 Å². The Labute approximate surface area is 165 Å². The van der Waals surface area contributed by atoms with Crippen LogP contribution in [-0.2, 0) is 38.1 Å². The molecule has 0 atom stereocenters. The molecule has 0 aromatic heterocycles. The van der Waals surface area contributed by atoms with Gasteiger partial charge in [-0.15, -0.1) is 0 Å². The van der Waals surface area contributed by atoms with Crippen molar-refractivity contribution >= 4 is 23.9 Å². The summed E-state index contributed by atoms with van der Waals surface area (Å²) in [5.74, 6) is -3.05. The average molecular weight is 398 g/mol. The van der Waals surface area contributed by atoms with Gasteiger partial charge in [0, 0.05) is 0 Å². The van der Waals surface area contributed by atoms with Crippen LogP contribution in [-0.4, -0.2) is 50.3 Å². The van der Waals surface area contributed by atoms with E-state index in [1.54, 1.807) is 13.8 Å². The van der Waals surface area contributed by atoms with Crippen molar-refractivity contribution in [3.8, 4) is 0 Å². The largest absolute Gasteiger partial charge is 0.462 e. The molecule has 0 unspecified atom stereocenters. The second kappa shape index (κ2) is 15.4. The first-order chi connectivity index (χ1) is 13.3. The van der Waals surface area contributed by atoms with E-state index in [0.717, 1.165) is 25.7 Å². The van der Waals surface area contributed by atoms with E-state index in [4.69, 9.17) is 9.47 Å². The summed E-state index contributed by atoms with van der Waals surface area (Å²) in [6.45, 7) is 10.8. The van der Waals surface area contributed by atoms with Crippen molar-refractivity contribution in [2.75, 3.05) is 26.4 Å². The number of hydrogen-bond donors (Lipinski definition) is 0. The first-order valence-electron chi connectivity index (χ1n) is 9.41. The number of carbonyl (C=O) groups is 4. The zero-order valence-electron chi connectivity index (χ0n) is 16.8. The van der Waals surface area contributed by atoms with Gasteiger partial charge in [0.25, 0.3) is 0 Å². The van der Waals surface area contributed by atoms with Gasteiger partial charge < -0.3 is 18.9 Å². The molecule has 0 saturated heterocycles. The highest BCUT2D eigenvalue weighted by Crippen LogP contribution is 2.08. The molecule has 0 aliphatic heterocycles. The summed E-state index contributed by atoms with van der Waals surface area (Å²) in [7, 11) is 0. The second-order valence-corrected chi connectivity index (χ2v) is 5.79. The van der Waals surface area contributed by atoms with Gasteiger partial charge in [-0.2, -0.15) is 0 Å². The number of hydrogen-bond acceptors (Lipinski definition) is 8. The Morgan fingerprint density at radius 1 is 0.536 bits per heavy atom. The monoisotopic (exact) mass is 398 g/mol. The Kier molecular flexibility index (Phi) is 14.0. The van der Waals surface area contributed by atoms with Crippen molar-refractivity contribution in [2.45, 2.75) is 52.4 Å². The molecule has 0 heterocycles. The zero-order chi connectivity index (χ0) is 21.4. The van der Waals surface area contributed by atoms with Gasteiger partial charge in [0.2, 0.25) is 0 Å². The topological polar surface area (TPSA) is 105 Å². The third-order valence-electron chi connectivity index (χ3n) is 3.54. The minimum Gasteiger partial charge on any atom is -0.462 e. The van der Waals surface area contributed by atoms with E-state index in [0.29, 0.717) is 12.8 Å². The summed E-state index contributed by atoms with van der Waals surface area (Å²) < 4.78 is 19.3. The number of esters is 4. The number of unbranched alkanes of at least 4 members (excludes halogenated alkanes) is 5. The summed E-state index contributed by atoms with van der Waals surface area (Å²) in [5, 5.41) is 0. The molecular formula is C20H30O8. The Balaban J connectivity index is 3.63. The van der Waals surface area contributed by atoms with Gasteiger partial charge in [-0.1, -0.05) is 38.8 Å². The van der Waals surface area contributed by atoms with Crippen LogP contribution >= 0.6 is 0 Å². The van der Waals surface area contributed by atoms with Crippen LogP contribution in [0.15, 0.2) is 24.3 Å². The molecule has 0 aromatic carbocycles. The van der Waals surface area contributed by atoms with Gasteiger partial charge in [0.1, 0.15) is 11.1 Å². The average Bonchev–Trinajstić information content (AvgIpc) is 2.68. The van der Waals surface area contributed by atoms with Crippen LogP contribution in [0.3, 0.4) is 0 Å². The quantitative estimate of drug-likeness (QED) is 0.104. The van der Waals surface area contributed by atoms with Crippen LogP contribution in [0.1, 0.15) is 52.4 Å². The highest BCUT2D eigenvalue weighted by Gasteiger charge is 2.18. The van der Waals surface area contributed by atoms with E-state index in [1.807, 2.05) is 0 Å². The fourth-order valence-electron chi connectivity index (χ4n) is 2.02. The third kappa shape index (κ3) is 11.2. The van der Waals surface area contributed by atoms with Gasteiger partial charge in [0.15, 0.2) is 0 Å². The standard InChI is InChI=1S/C20H30O8/c1-5-25-17(21)15(3)19(23)27-13-11-9-7-8-10-12-14-28-20(24)16(4)18(22)26-6-2/h3-14H2,1-2H3. The molecule has 0 saturated carbocycles. The lowest BCUT2D eigenvalue weighted by Gasteiger charge is -2.07. The van der Waals surface area contributed by atoms with Crippen molar-refractivity contribution in [3.05, 3.63) is 24.3 Å². The molecular weight excluding hydrogens is 368 g/mol. The zero-order valence-corrected chi connectivity index (χ0v) is 16.8. The van der Waals surface area contributed by atoms with E-state index in [1.165, 1.54) is 0 Å². The molecule has 0 aromatic rings. The Bertz CT molecular complexity index is 515. The Morgan fingerprint density at radius 3 is 1.14 bits per heavy atom. The molecule has 0 rings (SSSR count). The fraction of sp³-hybridized carbons (Fsp3) is 0.600. The van der Waals surface area contributed by atoms with Crippen LogP contribution < -0.4 is 0 Å². The Morgan fingerprint density at radius 2 is 0.821 bits per heavy atom. The van der Waals surface area contributed by atoms with E-state index in [9.17, 15) is 19.2 Å².